The van der Waals surface area contributed by atoms with Crippen LogP contribution in [0.25, 0.3) is 0 Å². The van der Waals surface area contributed by atoms with Crippen LogP contribution >= 0.6 is 0 Å². The maximum atomic E-state index is 11.1. The molecule has 1 amide bonds. The lowest BCUT2D eigenvalue weighted by molar-refractivity contribution is -0.123. The van der Waals surface area contributed by atoms with Gasteiger partial charge in [-0.05, 0) is 44.0 Å². The number of nitrogens with one attached hydrogen (secondary N) is 1. The van der Waals surface area contributed by atoms with Gasteiger partial charge in [0.1, 0.15) is 5.82 Å². The van der Waals surface area contributed by atoms with Crippen LogP contribution in [0, 0.1) is 5.92 Å². The van der Waals surface area contributed by atoms with Crippen LogP contribution in [0.5, 0.6) is 0 Å². The molecular weight excluding hydrogens is 252 g/mol. The summed E-state index contributed by atoms with van der Waals surface area (Å²) in [5.74, 6) is 0.839. The molecule has 20 heavy (non-hydrogen) atoms. The second-order valence-electron chi connectivity index (χ2n) is 5.43. The van der Waals surface area contributed by atoms with E-state index >= 15 is 0 Å². The standard InChI is InChI=1S/C15H24N4O/c1-2-7-17-14-4-3-12(10-18-14)11-19-8-5-13(6-9-19)15(16)20/h3-4,10,13H,2,5-9,11H2,1H3,(H2,16,20)(H,17,18). The fraction of sp³-hybridized carbons (Fsp3) is 0.600. The molecule has 110 valence electrons. The van der Waals surface area contributed by atoms with Gasteiger partial charge in [0.25, 0.3) is 0 Å². The second-order valence-corrected chi connectivity index (χ2v) is 5.43. The molecule has 0 atom stereocenters. The van der Waals surface area contributed by atoms with E-state index in [-0.39, 0.29) is 11.8 Å². The van der Waals surface area contributed by atoms with Crippen LogP contribution in [0.15, 0.2) is 18.3 Å². The molecule has 2 rings (SSSR count). The number of carbonyl (C=O) groups excluding carboxylic acids is 1. The number of primary amides is 1. The smallest absolute Gasteiger partial charge is 0.220 e. The summed E-state index contributed by atoms with van der Waals surface area (Å²) >= 11 is 0. The van der Waals surface area contributed by atoms with Crippen molar-refractivity contribution in [2.24, 2.45) is 11.7 Å². The first kappa shape index (κ1) is 14.8. The zero-order valence-electron chi connectivity index (χ0n) is 12.1. The summed E-state index contributed by atoms with van der Waals surface area (Å²) in [6, 6.07) is 4.15. The molecule has 5 heteroatoms. The Labute approximate surface area is 120 Å². The van der Waals surface area contributed by atoms with Crippen LogP contribution in [-0.2, 0) is 11.3 Å². The van der Waals surface area contributed by atoms with Gasteiger partial charge < -0.3 is 11.1 Å². The van der Waals surface area contributed by atoms with Crippen LogP contribution in [0.4, 0.5) is 5.82 Å². The summed E-state index contributed by atoms with van der Waals surface area (Å²) in [4.78, 5) is 17.9. The molecule has 1 aromatic rings. The van der Waals surface area contributed by atoms with Crippen molar-refractivity contribution >= 4 is 11.7 Å². The number of aromatic nitrogens is 1. The number of carbonyl (C=O) groups is 1. The van der Waals surface area contributed by atoms with E-state index in [0.717, 1.165) is 51.3 Å². The number of hydrogen-bond donors (Lipinski definition) is 2. The predicted octanol–water partition coefficient (Wildman–Crippen LogP) is 1.60. The molecule has 0 unspecified atom stereocenters. The molecule has 0 aromatic carbocycles. The Morgan fingerprint density at radius 1 is 1.45 bits per heavy atom. The number of pyridine rings is 1. The monoisotopic (exact) mass is 276 g/mol. The molecule has 1 fully saturated rings. The average Bonchev–Trinajstić information content (AvgIpc) is 2.47. The minimum Gasteiger partial charge on any atom is -0.370 e. The highest BCUT2D eigenvalue weighted by molar-refractivity contribution is 5.76. The number of anilines is 1. The Hall–Kier alpha value is -1.62. The predicted molar refractivity (Wildman–Crippen MR) is 80.2 cm³/mol. The third kappa shape index (κ3) is 4.20. The average molecular weight is 276 g/mol. The maximum absolute atomic E-state index is 11.1. The highest BCUT2D eigenvalue weighted by atomic mass is 16.1. The van der Waals surface area contributed by atoms with Crippen molar-refractivity contribution < 1.29 is 4.79 Å². The number of amides is 1. The molecule has 5 nitrogen and oxygen atoms in total. The van der Waals surface area contributed by atoms with Crippen molar-refractivity contribution in [1.82, 2.24) is 9.88 Å². The van der Waals surface area contributed by atoms with E-state index in [2.05, 4.69) is 28.2 Å². The molecule has 0 spiro atoms. The third-order valence-electron chi connectivity index (χ3n) is 3.78. The molecule has 0 radical (unpaired) electrons. The number of likely N-dealkylation sites (tertiary alicyclic amines) is 1. The van der Waals surface area contributed by atoms with Gasteiger partial charge in [0.05, 0.1) is 0 Å². The fourth-order valence-corrected chi connectivity index (χ4v) is 2.51. The zero-order valence-corrected chi connectivity index (χ0v) is 12.1. The lowest BCUT2D eigenvalue weighted by Crippen LogP contribution is -2.38. The number of rotatable bonds is 6. The quantitative estimate of drug-likeness (QED) is 0.828. The summed E-state index contributed by atoms with van der Waals surface area (Å²) in [6.45, 7) is 5.85. The first-order chi connectivity index (χ1) is 9.69. The number of nitrogens with zero attached hydrogens (tertiary/aromatic N) is 2. The van der Waals surface area contributed by atoms with Gasteiger partial charge in [0.15, 0.2) is 0 Å². The Morgan fingerprint density at radius 2 is 2.20 bits per heavy atom. The minimum atomic E-state index is -0.155. The third-order valence-corrected chi connectivity index (χ3v) is 3.78. The van der Waals surface area contributed by atoms with Crippen LogP contribution in [0.3, 0.4) is 0 Å². The van der Waals surface area contributed by atoms with Gasteiger partial charge in [-0.3, -0.25) is 9.69 Å². The van der Waals surface area contributed by atoms with E-state index in [4.69, 9.17) is 5.73 Å². The SMILES string of the molecule is CCCNc1ccc(CN2CCC(C(N)=O)CC2)cn1. The highest BCUT2D eigenvalue weighted by Gasteiger charge is 2.22. The number of nitrogens with two attached hydrogens (primary N) is 1. The molecule has 0 aliphatic carbocycles. The van der Waals surface area contributed by atoms with E-state index in [0.29, 0.717) is 0 Å². The van der Waals surface area contributed by atoms with Crippen LogP contribution in [0.1, 0.15) is 31.7 Å². The first-order valence-corrected chi connectivity index (χ1v) is 7.39. The van der Waals surface area contributed by atoms with Crippen molar-refractivity contribution in [1.29, 1.82) is 0 Å². The molecule has 0 bridgehead atoms. The fourth-order valence-electron chi connectivity index (χ4n) is 2.51. The number of hydrogen-bond acceptors (Lipinski definition) is 4. The molecule has 1 aromatic heterocycles. The lowest BCUT2D eigenvalue weighted by atomic mass is 9.96. The van der Waals surface area contributed by atoms with Crippen LogP contribution in [-0.4, -0.2) is 35.4 Å². The summed E-state index contributed by atoms with van der Waals surface area (Å²) in [7, 11) is 0. The molecule has 3 N–H and O–H groups in total. The minimum absolute atomic E-state index is 0.0602. The Kier molecular flexibility index (Phi) is 5.35. The van der Waals surface area contributed by atoms with E-state index in [1.54, 1.807) is 0 Å². The van der Waals surface area contributed by atoms with Crippen molar-refractivity contribution in [2.75, 3.05) is 25.0 Å². The molecule has 2 heterocycles. The topological polar surface area (TPSA) is 71.2 Å². The van der Waals surface area contributed by atoms with E-state index in [9.17, 15) is 4.79 Å². The molecule has 1 saturated heterocycles. The summed E-state index contributed by atoms with van der Waals surface area (Å²) in [5.41, 5.74) is 6.56. The van der Waals surface area contributed by atoms with Gasteiger partial charge >= 0.3 is 0 Å². The molecule has 1 aliphatic rings. The largest absolute Gasteiger partial charge is 0.370 e. The Bertz CT molecular complexity index is 424. The summed E-state index contributed by atoms with van der Waals surface area (Å²) < 4.78 is 0. The van der Waals surface area contributed by atoms with Crippen molar-refractivity contribution in [3.05, 3.63) is 23.9 Å². The summed E-state index contributed by atoms with van der Waals surface area (Å²) in [6.07, 6.45) is 4.77. The normalized spacial score (nSPS) is 17.1. The van der Waals surface area contributed by atoms with Crippen molar-refractivity contribution in [3.63, 3.8) is 0 Å². The van der Waals surface area contributed by atoms with Gasteiger partial charge in [0.2, 0.25) is 5.91 Å². The van der Waals surface area contributed by atoms with E-state index in [1.165, 1.54) is 5.56 Å². The Morgan fingerprint density at radius 3 is 2.75 bits per heavy atom. The summed E-state index contributed by atoms with van der Waals surface area (Å²) in [5, 5.41) is 3.27. The first-order valence-electron chi connectivity index (χ1n) is 7.39. The van der Waals surface area contributed by atoms with Gasteiger partial charge in [0, 0.05) is 25.2 Å². The van der Waals surface area contributed by atoms with Gasteiger partial charge in [-0.25, -0.2) is 4.98 Å². The van der Waals surface area contributed by atoms with Gasteiger partial charge in [-0.1, -0.05) is 13.0 Å². The Balaban J connectivity index is 1.80. The lowest BCUT2D eigenvalue weighted by Gasteiger charge is -2.30. The maximum Gasteiger partial charge on any atom is 0.220 e. The molecular formula is C15H24N4O. The molecule has 0 saturated carbocycles. The zero-order chi connectivity index (χ0) is 14.4. The van der Waals surface area contributed by atoms with Crippen molar-refractivity contribution in [3.8, 4) is 0 Å². The van der Waals surface area contributed by atoms with Crippen LogP contribution in [0.2, 0.25) is 0 Å². The van der Waals surface area contributed by atoms with Crippen molar-refractivity contribution in [2.45, 2.75) is 32.7 Å². The van der Waals surface area contributed by atoms with E-state index in [1.807, 2.05) is 12.3 Å². The number of piperidine rings is 1. The van der Waals surface area contributed by atoms with Crippen LogP contribution < -0.4 is 11.1 Å². The highest BCUT2D eigenvalue weighted by Crippen LogP contribution is 2.18. The second kappa shape index (κ2) is 7.24. The molecule has 1 aliphatic heterocycles. The van der Waals surface area contributed by atoms with Gasteiger partial charge in [-0.2, -0.15) is 0 Å². The van der Waals surface area contributed by atoms with Gasteiger partial charge in [-0.15, -0.1) is 0 Å². The van der Waals surface area contributed by atoms with E-state index < -0.39 is 0 Å².